The molecule has 0 bridgehead atoms. The minimum Gasteiger partial charge on any atom is -0.366 e. The molecular formula is C18H20N2O. The van der Waals surface area contributed by atoms with Gasteiger partial charge in [-0.05, 0) is 30.2 Å². The Kier molecular flexibility index (Phi) is 5.29. The third kappa shape index (κ3) is 4.89. The normalized spacial score (nSPS) is 11.4. The maximum absolute atomic E-state index is 11.1. The third-order valence-electron chi connectivity index (χ3n) is 3.16. The van der Waals surface area contributed by atoms with Crippen molar-refractivity contribution in [3.63, 3.8) is 0 Å². The van der Waals surface area contributed by atoms with Crippen LogP contribution in [0, 0.1) is 0 Å². The molecule has 0 fully saturated rings. The lowest BCUT2D eigenvalue weighted by molar-refractivity contribution is 0.1000. The van der Waals surface area contributed by atoms with Gasteiger partial charge in [-0.3, -0.25) is 4.79 Å². The molecule has 0 aliphatic rings. The number of hydrogen-bond donors (Lipinski definition) is 2. The van der Waals surface area contributed by atoms with E-state index in [9.17, 15) is 4.79 Å². The highest BCUT2D eigenvalue weighted by atomic mass is 16.1. The number of benzene rings is 2. The van der Waals surface area contributed by atoms with Gasteiger partial charge in [-0.25, -0.2) is 0 Å². The highest BCUT2D eigenvalue weighted by molar-refractivity contribution is 5.92. The van der Waals surface area contributed by atoms with Gasteiger partial charge in [0.2, 0.25) is 5.91 Å². The molecule has 0 spiro atoms. The molecule has 0 radical (unpaired) electrons. The van der Waals surface area contributed by atoms with Crippen molar-refractivity contribution >= 4 is 12.0 Å². The summed E-state index contributed by atoms with van der Waals surface area (Å²) in [6, 6.07) is 17.6. The van der Waals surface area contributed by atoms with E-state index >= 15 is 0 Å². The Bertz CT molecular complexity index is 633. The van der Waals surface area contributed by atoms with Crippen molar-refractivity contribution in [3.8, 4) is 0 Å². The molecule has 21 heavy (non-hydrogen) atoms. The monoisotopic (exact) mass is 280 g/mol. The number of hydrogen-bond acceptors (Lipinski definition) is 2. The van der Waals surface area contributed by atoms with E-state index in [4.69, 9.17) is 5.73 Å². The van der Waals surface area contributed by atoms with Gasteiger partial charge < -0.3 is 11.1 Å². The summed E-state index contributed by atoms with van der Waals surface area (Å²) in [5, 5.41) is 3.37. The maximum atomic E-state index is 11.1. The minimum absolute atomic E-state index is 0.392. The van der Waals surface area contributed by atoms with Crippen molar-refractivity contribution in [2.75, 3.05) is 6.54 Å². The molecule has 0 aliphatic heterocycles. The molecule has 3 nitrogen and oxygen atoms in total. The van der Waals surface area contributed by atoms with Gasteiger partial charge in [-0.1, -0.05) is 54.1 Å². The van der Waals surface area contributed by atoms with Gasteiger partial charge in [0.15, 0.2) is 0 Å². The summed E-state index contributed by atoms with van der Waals surface area (Å²) in [6.45, 7) is 3.61. The summed E-state index contributed by atoms with van der Waals surface area (Å²) in [6.07, 6.45) is 2.16. The van der Waals surface area contributed by atoms with Crippen molar-refractivity contribution < 1.29 is 4.79 Å². The standard InChI is InChI=1S/C18H20N2O/c1-14(10-15-6-3-2-4-7-15)12-20-13-16-8-5-9-17(11-16)18(19)21/h2-11,20H,12-13H2,1H3,(H2,19,21)/b14-10-. The first-order valence-electron chi connectivity index (χ1n) is 6.97. The van der Waals surface area contributed by atoms with Crippen LogP contribution in [0.5, 0.6) is 0 Å². The fourth-order valence-corrected chi connectivity index (χ4v) is 2.12. The minimum atomic E-state index is -0.392. The first kappa shape index (κ1) is 15.0. The highest BCUT2D eigenvalue weighted by Gasteiger charge is 2.01. The van der Waals surface area contributed by atoms with Crippen LogP contribution >= 0.6 is 0 Å². The molecule has 2 aromatic rings. The molecule has 3 N–H and O–H groups in total. The molecule has 0 unspecified atom stereocenters. The second-order valence-electron chi connectivity index (χ2n) is 5.07. The zero-order valence-electron chi connectivity index (χ0n) is 12.2. The van der Waals surface area contributed by atoms with E-state index < -0.39 is 5.91 Å². The zero-order valence-corrected chi connectivity index (χ0v) is 12.2. The van der Waals surface area contributed by atoms with Crippen LogP contribution < -0.4 is 11.1 Å². The molecule has 2 rings (SSSR count). The quantitative estimate of drug-likeness (QED) is 0.854. The lowest BCUT2D eigenvalue weighted by atomic mass is 10.1. The number of carbonyl (C=O) groups is 1. The van der Waals surface area contributed by atoms with E-state index in [1.54, 1.807) is 6.07 Å². The molecule has 0 atom stereocenters. The number of amides is 1. The lowest BCUT2D eigenvalue weighted by Gasteiger charge is -2.06. The molecule has 0 aliphatic carbocycles. The van der Waals surface area contributed by atoms with Crippen molar-refractivity contribution in [2.45, 2.75) is 13.5 Å². The molecule has 2 aromatic carbocycles. The van der Waals surface area contributed by atoms with Crippen molar-refractivity contribution in [1.29, 1.82) is 0 Å². The first-order valence-corrected chi connectivity index (χ1v) is 6.97. The van der Waals surface area contributed by atoms with Gasteiger partial charge in [0.1, 0.15) is 0 Å². The fraction of sp³-hybridized carbons (Fsp3) is 0.167. The molecule has 3 heteroatoms. The number of nitrogens with one attached hydrogen (secondary N) is 1. The van der Waals surface area contributed by atoms with Crippen LogP contribution in [0.15, 0.2) is 60.2 Å². The molecular weight excluding hydrogens is 260 g/mol. The van der Waals surface area contributed by atoms with Crippen LogP contribution in [0.25, 0.3) is 6.08 Å². The Balaban J connectivity index is 1.88. The van der Waals surface area contributed by atoms with E-state index in [0.29, 0.717) is 12.1 Å². The second kappa shape index (κ2) is 7.41. The van der Waals surface area contributed by atoms with Crippen molar-refractivity contribution in [3.05, 3.63) is 76.9 Å². The van der Waals surface area contributed by atoms with E-state index in [2.05, 4.69) is 30.4 Å². The van der Waals surface area contributed by atoms with E-state index in [-0.39, 0.29) is 0 Å². The number of carbonyl (C=O) groups excluding carboxylic acids is 1. The molecule has 0 saturated carbocycles. The summed E-state index contributed by atoms with van der Waals surface area (Å²) in [5.74, 6) is -0.392. The summed E-state index contributed by atoms with van der Waals surface area (Å²) in [7, 11) is 0. The van der Waals surface area contributed by atoms with Crippen molar-refractivity contribution in [1.82, 2.24) is 5.32 Å². The summed E-state index contributed by atoms with van der Waals surface area (Å²) < 4.78 is 0. The molecule has 1 amide bonds. The highest BCUT2D eigenvalue weighted by Crippen LogP contribution is 2.07. The Morgan fingerprint density at radius 1 is 1.14 bits per heavy atom. The zero-order chi connectivity index (χ0) is 15.1. The van der Waals surface area contributed by atoms with Crippen LogP contribution in [0.4, 0.5) is 0 Å². The predicted molar refractivity (Wildman–Crippen MR) is 86.8 cm³/mol. The third-order valence-corrected chi connectivity index (χ3v) is 3.16. The molecule has 0 saturated heterocycles. The van der Waals surface area contributed by atoms with Crippen LogP contribution in [-0.2, 0) is 6.54 Å². The molecule has 0 heterocycles. The first-order chi connectivity index (χ1) is 10.1. The largest absolute Gasteiger partial charge is 0.366 e. The smallest absolute Gasteiger partial charge is 0.248 e. The molecule has 0 aromatic heterocycles. The second-order valence-corrected chi connectivity index (χ2v) is 5.07. The van der Waals surface area contributed by atoms with Gasteiger partial charge in [-0.2, -0.15) is 0 Å². The lowest BCUT2D eigenvalue weighted by Crippen LogP contribution is -2.16. The maximum Gasteiger partial charge on any atom is 0.248 e. The van der Waals surface area contributed by atoms with E-state index in [0.717, 1.165) is 12.1 Å². The van der Waals surface area contributed by atoms with Gasteiger partial charge in [-0.15, -0.1) is 0 Å². The average molecular weight is 280 g/mol. The molecule has 108 valence electrons. The SMILES string of the molecule is C/C(=C/c1ccccc1)CNCc1cccc(C(N)=O)c1. The predicted octanol–water partition coefficient (Wildman–Crippen LogP) is 2.98. The number of primary amides is 1. The van der Waals surface area contributed by atoms with Gasteiger partial charge in [0, 0.05) is 18.7 Å². The summed E-state index contributed by atoms with van der Waals surface area (Å²) in [5.41, 5.74) is 9.34. The van der Waals surface area contributed by atoms with Crippen molar-refractivity contribution in [2.24, 2.45) is 5.73 Å². The van der Waals surface area contributed by atoms with E-state index in [1.807, 2.05) is 36.4 Å². The van der Waals surface area contributed by atoms with Gasteiger partial charge in [0.25, 0.3) is 0 Å². The summed E-state index contributed by atoms with van der Waals surface area (Å²) >= 11 is 0. The Morgan fingerprint density at radius 3 is 2.62 bits per heavy atom. The van der Waals surface area contributed by atoms with Crippen LogP contribution in [-0.4, -0.2) is 12.5 Å². The number of nitrogens with two attached hydrogens (primary N) is 1. The van der Waals surface area contributed by atoms with Crippen LogP contribution in [0.1, 0.15) is 28.4 Å². The number of rotatable bonds is 6. The Hall–Kier alpha value is -2.39. The van der Waals surface area contributed by atoms with Crippen LogP contribution in [0.2, 0.25) is 0 Å². The summed E-state index contributed by atoms with van der Waals surface area (Å²) in [4.78, 5) is 11.1. The fourth-order valence-electron chi connectivity index (χ4n) is 2.12. The average Bonchev–Trinajstić information content (AvgIpc) is 2.48. The van der Waals surface area contributed by atoms with Crippen LogP contribution in [0.3, 0.4) is 0 Å². The Morgan fingerprint density at radius 2 is 1.90 bits per heavy atom. The Labute approximate surface area is 125 Å². The topological polar surface area (TPSA) is 55.1 Å². The van der Waals surface area contributed by atoms with E-state index in [1.165, 1.54) is 11.1 Å². The van der Waals surface area contributed by atoms with Gasteiger partial charge >= 0.3 is 0 Å². The van der Waals surface area contributed by atoms with Gasteiger partial charge in [0.05, 0.1) is 0 Å².